The van der Waals surface area contributed by atoms with Crippen LogP contribution in [0.15, 0.2) is 56.8 Å². The van der Waals surface area contributed by atoms with Crippen molar-refractivity contribution < 1.29 is 34.7 Å². The van der Waals surface area contributed by atoms with Gasteiger partial charge in [-0.1, -0.05) is 17.2 Å². The van der Waals surface area contributed by atoms with E-state index in [1.54, 1.807) is 6.92 Å². The summed E-state index contributed by atoms with van der Waals surface area (Å²) in [5, 5.41) is 50.1. The van der Waals surface area contributed by atoms with Crippen LogP contribution in [0.3, 0.4) is 0 Å². The standard InChI is InChI=1S/C25H24O8/c1-12(2)5-4-6-13(3)9-17(28)20-18(29)11-19-21(22(20)30)23(31)24(32)25(33-19)14-7-8-15(26)16(27)10-14/h5,7-11,26-27,29-30,32H,4,6H2,1-3H3/b13-9+. The number of aromatic hydroxyl groups is 5. The summed E-state index contributed by atoms with van der Waals surface area (Å²) in [6.45, 7) is 5.67. The Balaban J connectivity index is 2.11. The Labute approximate surface area is 189 Å². The summed E-state index contributed by atoms with van der Waals surface area (Å²) in [6, 6.07) is 4.50. The third kappa shape index (κ3) is 4.69. The van der Waals surface area contributed by atoms with E-state index in [4.69, 9.17) is 4.42 Å². The summed E-state index contributed by atoms with van der Waals surface area (Å²) in [5.74, 6) is -4.26. The number of carbonyl (C=O) groups is 1. The number of carbonyl (C=O) groups excluding carboxylic acids is 1. The number of phenolic OH excluding ortho intramolecular Hbond substituents is 4. The average molecular weight is 452 g/mol. The monoisotopic (exact) mass is 452 g/mol. The number of fused-ring (bicyclic) bond motifs is 1. The topological polar surface area (TPSA) is 148 Å². The molecule has 8 heteroatoms. The van der Waals surface area contributed by atoms with Crippen molar-refractivity contribution in [3.63, 3.8) is 0 Å². The number of allylic oxidation sites excluding steroid dienone is 4. The predicted molar refractivity (Wildman–Crippen MR) is 123 cm³/mol. The molecule has 0 atom stereocenters. The van der Waals surface area contributed by atoms with Gasteiger partial charge in [-0.3, -0.25) is 9.59 Å². The van der Waals surface area contributed by atoms with Crippen molar-refractivity contribution in [3.05, 3.63) is 63.4 Å². The minimum Gasteiger partial charge on any atom is -0.507 e. The molecule has 0 bridgehead atoms. The molecule has 0 fully saturated rings. The van der Waals surface area contributed by atoms with Crippen LogP contribution in [0.2, 0.25) is 0 Å². The lowest BCUT2D eigenvalue weighted by Crippen LogP contribution is -2.06. The summed E-state index contributed by atoms with van der Waals surface area (Å²) >= 11 is 0. The first kappa shape index (κ1) is 23.5. The molecule has 0 radical (unpaired) electrons. The van der Waals surface area contributed by atoms with E-state index < -0.39 is 50.9 Å². The summed E-state index contributed by atoms with van der Waals surface area (Å²) in [4.78, 5) is 25.5. The first-order valence-electron chi connectivity index (χ1n) is 10.1. The van der Waals surface area contributed by atoms with Crippen LogP contribution in [0.5, 0.6) is 28.7 Å². The molecule has 1 aromatic heterocycles. The van der Waals surface area contributed by atoms with Crippen molar-refractivity contribution in [2.45, 2.75) is 33.6 Å². The molecule has 0 saturated heterocycles. The first-order valence-corrected chi connectivity index (χ1v) is 10.1. The Morgan fingerprint density at radius 1 is 0.939 bits per heavy atom. The van der Waals surface area contributed by atoms with Crippen LogP contribution in [-0.4, -0.2) is 31.3 Å². The molecule has 0 amide bonds. The highest BCUT2D eigenvalue weighted by Crippen LogP contribution is 2.40. The second kappa shape index (κ2) is 9.12. The third-order valence-corrected chi connectivity index (χ3v) is 5.07. The van der Waals surface area contributed by atoms with Crippen molar-refractivity contribution in [1.29, 1.82) is 0 Å². The lowest BCUT2D eigenvalue weighted by Gasteiger charge is -2.11. The van der Waals surface area contributed by atoms with Gasteiger partial charge in [0, 0.05) is 11.6 Å². The van der Waals surface area contributed by atoms with E-state index in [0.717, 1.165) is 30.2 Å². The van der Waals surface area contributed by atoms with Crippen LogP contribution in [-0.2, 0) is 0 Å². The molecule has 0 aliphatic carbocycles. The fourth-order valence-electron chi connectivity index (χ4n) is 3.37. The van der Waals surface area contributed by atoms with E-state index in [9.17, 15) is 35.1 Å². The zero-order valence-electron chi connectivity index (χ0n) is 18.3. The smallest absolute Gasteiger partial charge is 0.238 e. The Morgan fingerprint density at radius 2 is 1.64 bits per heavy atom. The number of ketones is 1. The fourth-order valence-corrected chi connectivity index (χ4v) is 3.37. The van der Waals surface area contributed by atoms with Gasteiger partial charge in [-0.25, -0.2) is 0 Å². The van der Waals surface area contributed by atoms with Crippen LogP contribution in [0.25, 0.3) is 22.3 Å². The molecular weight excluding hydrogens is 428 g/mol. The second-order valence-corrected chi connectivity index (χ2v) is 7.98. The normalized spacial score (nSPS) is 11.5. The minimum atomic E-state index is -1.03. The average Bonchev–Trinajstić information content (AvgIpc) is 2.72. The van der Waals surface area contributed by atoms with Crippen LogP contribution in [0.1, 0.15) is 44.0 Å². The van der Waals surface area contributed by atoms with Crippen LogP contribution < -0.4 is 5.43 Å². The lowest BCUT2D eigenvalue weighted by atomic mass is 10.0. The molecule has 5 N–H and O–H groups in total. The zero-order valence-corrected chi connectivity index (χ0v) is 18.3. The summed E-state index contributed by atoms with van der Waals surface area (Å²) in [7, 11) is 0. The summed E-state index contributed by atoms with van der Waals surface area (Å²) in [5.41, 5.74) is 0.133. The summed E-state index contributed by atoms with van der Waals surface area (Å²) < 4.78 is 5.51. The molecule has 3 aromatic rings. The number of hydrogen-bond donors (Lipinski definition) is 5. The minimum absolute atomic E-state index is 0.0656. The maximum Gasteiger partial charge on any atom is 0.238 e. The molecule has 0 unspecified atom stereocenters. The van der Waals surface area contributed by atoms with E-state index in [0.29, 0.717) is 12.0 Å². The Bertz CT molecular complexity index is 1370. The number of phenols is 4. The number of rotatable bonds is 6. The highest BCUT2D eigenvalue weighted by Gasteiger charge is 2.25. The van der Waals surface area contributed by atoms with Gasteiger partial charge >= 0.3 is 0 Å². The largest absolute Gasteiger partial charge is 0.507 e. The Kier molecular flexibility index (Phi) is 6.48. The Hall–Kier alpha value is -4.20. The Morgan fingerprint density at radius 3 is 2.27 bits per heavy atom. The maximum atomic E-state index is 12.8. The highest BCUT2D eigenvalue weighted by atomic mass is 16.4. The molecule has 3 rings (SSSR count). The number of hydrogen-bond acceptors (Lipinski definition) is 8. The molecule has 8 nitrogen and oxygen atoms in total. The molecule has 0 spiro atoms. The van der Waals surface area contributed by atoms with E-state index in [1.807, 2.05) is 19.9 Å². The molecule has 0 saturated carbocycles. The van der Waals surface area contributed by atoms with Gasteiger partial charge in [0.1, 0.15) is 28.0 Å². The molecular formula is C25H24O8. The van der Waals surface area contributed by atoms with E-state index in [1.165, 1.54) is 12.1 Å². The van der Waals surface area contributed by atoms with Crippen LogP contribution >= 0.6 is 0 Å². The zero-order chi connectivity index (χ0) is 24.4. The molecule has 172 valence electrons. The van der Waals surface area contributed by atoms with Crippen molar-refractivity contribution in [2.24, 2.45) is 0 Å². The third-order valence-electron chi connectivity index (χ3n) is 5.07. The van der Waals surface area contributed by atoms with Gasteiger partial charge < -0.3 is 29.9 Å². The predicted octanol–water partition coefficient (Wildman–Crippen LogP) is 4.86. The first-order chi connectivity index (χ1) is 15.5. The van der Waals surface area contributed by atoms with Crippen molar-refractivity contribution in [3.8, 4) is 40.1 Å². The van der Waals surface area contributed by atoms with Gasteiger partial charge in [0.2, 0.25) is 11.2 Å². The van der Waals surface area contributed by atoms with Crippen molar-refractivity contribution in [2.75, 3.05) is 0 Å². The molecule has 2 aromatic carbocycles. The van der Waals surface area contributed by atoms with Gasteiger partial charge in [-0.2, -0.15) is 0 Å². The molecule has 0 aliphatic rings. The highest BCUT2D eigenvalue weighted by molar-refractivity contribution is 6.12. The van der Waals surface area contributed by atoms with Crippen LogP contribution in [0.4, 0.5) is 0 Å². The lowest BCUT2D eigenvalue weighted by molar-refractivity contribution is 0.104. The second-order valence-electron chi connectivity index (χ2n) is 7.98. The number of benzene rings is 2. The van der Waals surface area contributed by atoms with Gasteiger partial charge in [0.15, 0.2) is 23.0 Å². The van der Waals surface area contributed by atoms with E-state index in [2.05, 4.69) is 0 Å². The quantitative estimate of drug-likeness (QED) is 0.154. The van der Waals surface area contributed by atoms with Crippen molar-refractivity contribution >= 4 is 16.8 Å². The van der Waals surface area contributed by atoms with Crippen LogP contribution in [0, 0.1) is 0 Å². The summed E-state index contributed by atoms with van der Waals surface area (Å²) in [6.07, 6.45) is 4.61. The van der Waals surface area contributed by atoms with Gasteiger partial charge in [0.25, 0.3) is 0 Å². The van der Waals surface area contributed by atoms with Gasteiger partial charge in [-0.15, -0.1) is 0 Å². The molecule has 33 heavy (non-hydrogen) atoms. The van der Waals surface area contributed by atoms with Crippen molar-refractivity contribution in [1.82, 2.24) is 0 Å². The van der Waals surface area contributed by atoms with E-state index in [-0.39, 0.29) is 16.9 Å². The van der Waals surface area contributed by atoms with Gasteiger partial charge in [0.05, 0.1) is 0 Å². The molecule has 1 heterocycles. The van der Waals surface area contributed by atoms with E-state index >= 15 is 0 Å². The SMILES string of the molecule is CC(C)=CCC/C(C)=C/C(=O)c1c(O)cc2oc(-c3ccc(O)c(O)c3)c(O)c(=O)c2c1O. The molecule has 0 aliphatic heterocycles. The maximum absolute atomic E-state index is 12.8. The fraction of sp³-hybridized carbons (Fsp3) is 0.200. The van der Waals surface area contributed by atoms with Gasteiger partial charge in [-0.05, 0) is 57.9 Å².